The summed E-state index contributed by atoms with van der Waals surface area (Å²) in [6, 6.07) is 64.7. The molecule has 0 heterocycles. The van der Waals surface area contributed by atoms with Gasteiger partial charge in [-0.25, -0.2) is 0 Å². The Balaban J connectivity index is 0.000000265. The zero-order chi connectivity index (χ0) is 27.8. The monoisotopic (exact) mass is 824 g/mol. The van der Waals surface area contributed by atoms with Crippen molar-refractivity contribution in [2.24, 2.45) is 0 Å². The summed E-state index contributed by atoms with van der Waals surface area (Å²) in [6.07, 6.45) is 0. The SMILES string of the molecule is [Br-].[C-]#[O+].[Ir].c1ccc(P(c2ccccc2)c2ccccc2)cc1.c1ccc(P(c2ccccc2)c2ccccc2)cc1. The van der Waals surface area contributed by atoms with Crippen molar-refractivity contribution in [1.29, 1.82) is 0 Å². The van der Waals surface area contributed by atoms with Crippen molar-refractivity contribution in [2.75, 3.05) is 0 Å². The fourth-order valence-corrected chi connectivity index (χ4v) is 8.97. The van der Waals surface area contributed by atoms with E-state index in [2.05, 4.69) is 189 Å². The number of halogens is 1. The Hall–Kier alpha value is -2.95. The first-order chi connectivity index (χ1) is 19.9. The summed E-state index contributed by atoms with van der Waals surface area (Å²) < 4.78 is 7.50. The molecular weight excluding hydrogens is 794 g/mol. The first kappa shape index (κ1) is 35.2. The van der Waals surface area contributed by atoms with E-state index < -0.39 is 15.8 Å². The van der Waals surface area contributed by atoms with Gasteiger partial charge in [-0.1, -0.05) is 182 Å². The maximum atomic E-state index is 7.50. The third-order valence-electron chi connectivity index (χ3n) is 6.09. The van der Waals surface area contributed by atoms with E-state index in [1.165, 1.54) is 31.8 Å². The molecule has 42 heavy (non-hydrogen) atoms. The fraction of sp³-hybridized carbons (Fsp3) is 0. The van der Waals surface area contributed by atoms with E-state index in [-0.39, 0.29) is 37.1 Å². The normalized spacial score (nSPS) is 9.62. The minimum atomic E-state index is -0.446. The molecular formula is C37H30BrIrOP2-. The molecule has 0 bridgehead atoms. The van der Waals surface area contributed by atoms with Gasteiger partial charge in [0, 0.05) is 20.1 Å². The maximum Gasteiger partial charge on any atom is 0 e. The standard InChI is InChI=1S/2C18H15P.CO.BrH.Ir/c2*1-4-10-16(11-5-1)19(17-12-6-2-7-13-17)18-14-8-3-9-15-18;1-2;;/h2*1-15H;;1H;/p-1. The largest absolute Gasteiger partial charge is 0.0622 e. The van der Waals surface area contributed by atoms with Crippen LogP contribution in [0.4, 0.5) is 0 Å². The van der Waals surface area contributed by atoms with Crippen LogP contribution in [0.1, 0.15) is 0 Å². The van der Waals surface area contributed by atoms with Gasteiger partial charge in [-0.15, -0.1) is 0 Å². The summed E-state index contributed by atoms with van der Waals surface area (Å²) >= 11 is 0. The summed E-state index contributed by atoms with van der Waals surface area (Å²) in [4.78, 5) is 0. The molecule has 0 saturated carbocycles. The van der Waals surface area contributed by atoms with E-state index in [0.29, 0.717) is 0 Å². The van der Waals surface area contributed by atoms with E-state index in [0.717, 1.165) is 0 Å². The van der Waals surface area contributed by atoms with Crippen LogP contribution >= 0.6 is 15.8 Å². The minimum absolute atomic E-state index is 0. The van der Waals surface area contributed by atoms with Crippen molar-refractivity contribution in [2.45, 2.75) is 0 Å². The molecule has 0 spiro atoms. The number of hydrogen-bond donors (Lipinski definition) is 0. The van der Waals surface area contributed by atoms with Crippen LogP contribution in [-0.4, -0.2) is 0 Å². The predicted octanol–water partition coefficient (Wildman–Crippen LogP) is 3.85. The van der Waals surface area contributed by atoms with Gasteiger partial charge in [-0.2, -0.15) is 0 Å². The second-order valence-corrected chi connectivity index (χ2v) is 13.1. The molecule has 0 fully saturated rings. The molecule has 1 nitrogen and oxygen atoms in total. The van der Waals surface area contributed by atoms with Crippen LogP contribution in [-0.2, 0) is 24.8 Å². The van der Waals surface area contributed by atoms with E-state index >= 15 is 0 Å². The summed E-state index contributed by atoms with van der Waals surface area (Å²) in [5.41, 5.74) is 0. The van der Waals surface area contributed by atoms with Gasteiger partial charge in [0.05, 0.1) is 0 Å². The molecule has 1 radical (unpaired) electrons. The summed E-state index contributed by atoms with van der Waals surface area (Å²) in [7, 11) is -0.892. The van der Waals surface area contributed by atoms with Crippen LogP contribution in [0.3, 0.4) is 0 Å². The summed E-state index contributed by atoms with van der Waals surface area (Å²) in [5.74, 6) is 0. The second kappa shape index (κ2) is 20.0. The summed E-state index contributed by atoms with van der Waals surface area (Å²) in [5, 5.41) is 8.39. The Labute approximate surface area is 276 Å². The van der Waals surface area contributed by atoms with Crippen LogP contribution in [0.5, 0.6) is 0 Å². The van der Waals surface area contributed by atoms with Crippen LogP contribution in [0.2, 0.25) is 0 Å². The molecule has 6 aromatic carbocycles. The Kier molecular flexibility index (Phi) is 16.8. The number of hydrogen-bond acceptors (Lipinski definition) is 0. The van der Waals surface area contributed by atoms with Crippen molar-refractivity contribution in [3.05, 3.63) is 189 Å². The second-order valence-electron chi connectivity index (χ2n) is 8.68. The molecule has 0 saturated heterocycles. The maximum absolute atomic E-state index is 7.50. The van der Waals surface area contributed by atoms with Gasteiger partial charge in [0.25, 0.3) is 0 Å². The van der Waals surface area contributed by atoms with Crippen molar-refractivity contribution in [1.82, 2.24) is 0 Å². The molecule has 0 N–H and O–H groups in total. The first-order valence-electron chi connectivity index (χ1n) is 13.0. The molecule has 211 valence electrons. The van der Waals surface area contributed by atoms with Crippen molar-refractivity contribution >= 4 is 47.7 Å². The molecule has 0 aliphatic carbocycles. The zero-order valence-corrected chi connectivity index (χ0v) is 28.6. The Morgan fingerprint density at radius 3 is 0.524 bits per heavy atom. The molecule has 6 aromatic rings. The van der Waals surface area contributed by atoms with Crippen LogP contribution in [0.15, 0.2) is 182 Å². The molecule has 0 aliphatic rings. The topological polar surface area (TPSA) is 19.9 Å². The number of benzene rings is 6. The Morgan fingerprint density at radius 1 is 0.286 bits per heavy atom. The summed E-state index contributed by atoms with van der Waals surface area (Å²) in [6.45, 7) is 4.50. The average molecular weight is 825 g/mol. The zero-order valence-electron chi connectivity index (χ0n) is 22.8. The van der Waals surface area contributed by atoms with Crippen molar-refractivity contribution in [3.63, 3.8) is 0 Å². The molecule has 0 unspecified atom stereocenters. The van der Waals surface area contributed by atoms with Crippen molar-refractivity contribution in [3.8, 4) is 0 Å². The third-order valence-corrected chi connectivity index (χ3v) is 11.0. The van der Waals surface area contributed by atoms with Gasteiger partial charge >= 0.3 is 11.3 Å². The molecule has 0 amide bonds. The third kappa shape index (κ3) is 10.1. The first-order valence-corrected chi connectivity index (χ1v) is 15.7. The van der Waals surface area contributed by atoms with Gasteiger partial charge in [0.1, 0.15) is 0 Å². The molecule has 6 rings (SSSR count). The van der Waals surface area contributed by atoms with Gasteiger partial charge in [-0.05, 0) is 47.7 Å². The number of rotatable bonds is 6. The predicted molar refractivity (Wildman–Crippen MR) is 174 cm³/mol. The van der Waals surface area contributed by atoms with Crippen LogP contribution in [0.25, 0.3) is 0 Å². The fourth-order valence-electron chi connectivity index (χ4n) is 4.36. The van der Waals surface area contributed by atoms with Gasteiger partial charge in [0.15, 0.2) is 0 Å². The smallest absolute Gasteiger partial charge is 0 e. The van der Waals surface area contributed by atoms with Crippen LogP contribution in [0, 0.1) is 6.65 Å². The minimum Gasteiger partial charge on any atom is -0.0622 e. The Morgan fingerprint density at radius 2 is 0.405 bits per heavy atom. The molecule has 0 aliphatic heterocycles. The molecule has 5 heteroatoms. The van der Waals surface area contributed by atoms with E-state index in [1.54, 1.807) is 0 Å². The van der Waals surface area contributed by atoms with Gasteiger partial charge in [0.2, 0.25) is 0 Å². The van der Waals surface area contributed by atoms with Gasteiger partial charge in [-0.3, -0.25) is 0 Å². The quantitative estimate of drug-likeness (QED) is 0.138. The van der Waals surface area contributed by atoms with E-state index in [1.807, 2.05) is 0 Å². The van der Waals surface area contributed by atoms with E-state index in [4.69, 9.17) is 4.65 Å². The average Bonchev–Trinajstić information content (AvgIpc) is 3.06. The molecule has 0 aromatic heterocycles. The van der Waals surface area contributed by atoms with Gasteiger partial charge < -0.3 is 17.0 Å². The van der Waals surface area contributed by atoms with Crippen LogP contribution < -0.4 is 48.8 Å². The van der Waals surface area contributed by atoms with Crippen molar-refractivity contribution < 1.29 is 41.7 Å². The Bertz CT molecular complexity index is 1230. The molecule has 0 atom stereocenters. The van der Waals surface area contributed by atoms with E-state index in [9.17, 15) is 0 Å².